The first kappa shape index (κ1) is 20.6. The van der Waals surface area contributed by atoms with Crippen molar-refractivity contribution in [1.82, 2.24) is 0 Å². The highest BCUT2D eigenvalue weighted by atomic mass is 32.1. The number of hydrogen-bond acceptors (Lipinski definition) is 6. The average Bonchev–Trinajstić information content (AvgIpc) is 3.06. The molecule has 1 aliphatic carbocycles. The van der Waals surface area contributed by atoms with Crippen LogP contribution in [0.1, 0.15) is 34.9 Å². The van der Waals surface area contributed by atoms with Crippen LogP contribution in [0.15, 0.2) is 30.3 Å². The minimum Gasteiger partial charge on any atom is -0.497 e. The minimum atomic E-state index is -0.622. The Kier molecular flexibility index (Phi) is 6.68. The van der Waals surface area contributed by atoms with Crippen LogP contribution in [0.3, 0.4) is 0 Å². The number of methoxy groups -OCH3 is 1. The molecule has 1 aromatic carbocycles. The standard InChI is InChI=1S/C22H22N2O4S/c1-14-6-8-17-18(12-23)22(29-19(17)10-14)24-20(25)13-28-21(26)9-7-15-4-3-5-16(11-15)27-2/h3-5,7,9,11,14H,6,8,10,13H2,1-2H3,(H,24,25)/b9-7+/t14-/m0/s1. The predicted molar refractivity (Wildman–Crippen MR) is 112 cm³/mol. The quantitative estimate of drug-likeness (QED) is 0.575. The van der Waals surface area contributed by atoms with Crippen molar-refractivity contribution in [1.29, 1.82) is 5.26 Å². The van der Waals surface area contributed by atoms with Gasteiger partial charge in [-0.05, 0) is 54.5 Å². The highest BCUT2D eigenvalue weighted by Gasteiger charge is 2.24. The second-order valence-electron chi connectivity index (χ2n) is 6.93. The number of nitrogens with one attached hydrogen (secondary N) is 1. The Balaban J connectivity index is 1.55. The Bertz CT molecular complexity index is 987. The molecular formula is C22H22N2O4S. The summed E-state index contributed by atoms with van der Waals surface area (Å²) in [6, 6.07) is 9.42. The number of carbonyl (C=O) groups is 2. The normalized spacial score (nSPS) is 15.4. The van der Waals surface area contributed by atoms with Gasteiger partial charge in [0, 0.05) is 11.0 Å². The van der Waals surface area contributed by atoms with Crippen LogP contribution in [0.25, 0.3) is 6.08 Å². The Morgan fingerprint density at radius 2 is 2.24 bits per heavy atom. The molecule has 1 aromatic heterocycles. The largest absolute Gasteiger partial charge is 0.497 e. The lowest BCUT2D eigenvalue weighted by Crippen LogP contribution is -2.20. The van der Waals surface area contributed by atoms with Crippen LogP contribution in [-0.4, -0.2) is 25.6 Å². The van der Waals surface area contributed by atoms with E-state index in [1.165, 1.54) is 17.4 Å². The van der Waals surface area contributed by atoms with Gasteiger partial charge in [-0.2, -0.15) is 5.26 Å². The lowest BCUT2D eigenvalue weighted by atomic mass is 9.89. The molecule has 1 heterocycles. The van der Waals surface area contributed by atoms with E-state index in [0.29, 0.717) is 22.2 Å². The molecule has 0 bridgehead atoms. The summed E-state index contributed by atoms with van der Waals surface area (Å²) in [6.45, 7) is 1.77. The number of rotatable bonds is 6. The average molecular weight is 410 g/mol. The summed E-state index contributed by atoms with van der Waals surface area (Å²) in [5, 5.41) is 12.7. The van der Waals surface area contributed by atoms with Gasteiger partial charge in [-0.1, -0.05) is 19.1 Å². The number of anilines is 1. The van der Waals surface area contributed by atoms with E-state index in [2.05, 4.69) is 18.3 Å². The molecule has 1 amide bonds. The van der Waals surface area contributed by atoms with E-state index < -0.39 is 18.5 Å². The van der Waals surface area contributed by atoms with Crippen molar-refractivity contribution < 1.29 is 19.1 Å². The lowest BCUT2D eigenvalue weighted by Gasteiger charge is -2.17. The Morgan fingerprint density at radius 1 is 1.41 bits per heavy atom. The lowest BCUT2D eigenvalue weighted by molar-refractivity contribution is -0.142. The number of carbonyl (C=O) groups excluding carboxylic acids is 2. The Hall–Kier alpha value is -3.11. The van der Waals surface area contributed by atoms with E-state index in [1.54, 1.807) is 25.3 Å². The SMILES string of the molecule is COc1cccc(/C=C/C(=O)OCC(=O)Nc2sc3c(c2C#N)CC[C@H](C)C3)c1. The number of nitrogens with zero attached hydrogens (tertiary/aromatic N) is 1. The van der Waals surface area contributed by atoms with Gasteiger partial charge in [-0.3, -0.25) is 4.79 Å². The maximum Gasteiger partial charge on any atom is 0.331 e. The van der Waals surface area contributed by atoms with E-state index in [9.17, 15) is 14.9 Å². The zero-order valence-electron chi connectivity index (χ0n) is 16.4. The van der Waals surface area contributed by atoms with Crippen LogP contribution in [0.4, 0.5) is 5.00 Å². The van der Waals surface area contributed by atoms with Crippen LogP contribution in [0.5, 0.6) is 5.75 Å². The van der Waals surface area contributed by atoms with Gasteiger partial charge < -0.3 is 14.8 Å². The molecular weight excluding hydrogens is 388 g/mol. The smallest absolute Gasteiger partial charge is 0.331 e. The fourth-order valence-corrected chi connectivity index (χ4v) is 4.59. The van der Waals surface area contributed by atoms with Gasteiger partial charge in [0.15, 0.2) is 6.61 Å². The molecule has 0 fully saturated rings. The number of benzene rings is 1. The van der Waals surface area contributed by atoms with Crippen molar-refractivity contribution in [3.8, 4) is 11.8 Å². The Labute approximate surface area is 173 Å². The van der Waals surface area contributed by atoms with Crippen LogP contribution < -0.4 is 10.1 Å². The maximum absolute atomic E-state index is 12.2. The molecule has 0 saturated heterocycles. The summed E-state index contributed by atoms with van der Waals surface area (Å²) in [4.78, 5) is 25.2. The third-order valence-corrected chi connectivity index (χ3v) is 5.90. The van der Waals surface area contributed by atoms with Gasteiger partial charge in [0.25, 0.3) is 5.91 Å². The third-order valence-electron chi connectivity index (χ3n) is 4.73. The van der Waals surface area contributed by atoms with Crippen molar-refractivity contribution in [2.24, 2.45) is 5.92 Å². The zero-order chi connectivity index (χ0) is 20.8. The van der Waals surface area contributed by atoms with Crippen LogP contribution in [0.2, 0.25) is 0 Å². The van der Waals surface area contributed by atoms with Gasteiger partial charge in [0.05, 0.1) is 12.7 Å². The van der Waals surface area contributed by atoms with Crippen molar-refractivity contribution >= 4 is 34.3 Å². The molecule has 0 spiro atoms. The van der Waals surface area contributed by atoms with Crippen LogP contribution in [0, 0.1) is 17.2 Å². The van der Waals surface area contributed by atoms with Gasteiger partial charge >= 0.3 is 5.97 Å². The second kappa shape index (κ2) is 9.39. The van der Waals surface area contributed by atoms with Gasteiger partial charge in [0.2, 0.25) is 0 Å². The van der Waals surface area contributed by atoms with E-state index in [4.69, 9.17) is 9.47 Å². The van der Waals surface area contributed by atoms with E-state index in [-0.39, 0.29) is 0 Å². The van der Waals surface area contributed by atoms with Crippen molar-refractivity contribution in [3.63, 3.8) is 0 Å². The first-order chi connectivity index (χ1) is 14.0. The summed E-state index contributed by atoms with van der Waals surface area (Å²) in [5.74, 6) is 0.175. The molecule has 1 aliphatic rings. The fourth-order valence-electron chi connectivity index (χ4n) is 3.21. The number of amides is 1. The molecule has 29 heavy (non-hydrogen) atoms. The first-order valence-electron chi connectivity index (χ1n) is 9.33. The third kappa shape index (κ3) is 5.24. The molecule has 2 aromatic rings. The topological polar surface area (TPSA) is 88.4 Å². The number of thiophene rings is 1. The molecule has 150 valence electrons. The molecule has 6 nitrogen and oxygen atoms in total. The second-order valence-corrected chi connectivity index (χ2v) is 8.04. The van der Waals surface area contributed by atoms with E-state index >= 15 is 0 Å². The summed E-state index contributed by atoms with van der Waals surface area (Å²) < 4.78 is 10.1. The van der Waals surface area contributed by atoms with Crippen LogP contribution in [-0.2, 0) is 27.2 Å². The monoisotopic (exact) mass is 410 g/mol. The summed E-state index contributed by atoms with van der Waals surface area (Å²) in [5.41, 5.74) is 2.36. The maximum atomic E-state index is 12.2. The zero-order valence-corrected chi connectivity index (χ0v) is 17.2. The van der Waals surface area contributed by atoms with Gasteiger partial charge in [-0.15, -0.1) is 11.3 Å². The van der Waals surface area contributed by atoms with Crippen molar-refractivity contribution in [3.05, 3.63) is 51.9 Å². The van der Waals surface area contributed by atoms with Crippen LogP contribution >= 0.6 is 11.3 Å². The summed E-state index contributed by atoms with van der Waals surface area (Å²) in [6.07, 6.45) is 5.67. The van der Waals surface area contributed by atoms with Gasteiger partial charge in [0.1, 0.15) is 16.8 Å². The summed E-state index contributed by atoms with van der Waals surface area (Å²) in [7, 11) is 1.57. The van der Waals surface area contributed by atoms with E-state index in [1.807, 2.05) is 12.1 Å². The number of ether oxygens (including phenoxy) is 2. The van der Waals surface area contributed by atoms with Gasteiger partial charge in [-0.25, -0.2) is 4.79 Å². The first-order valence-corrected chi connectivity index (χ1v) is 10.1. The number of hydrogen-bond donors (Lipinski definition) is 1. The molecule has 3 rings (SSSR count). The molecule has 1 N–H and O–H groups in total. The summed E-state index contributed by atoms with van der Waals surface area (Å²) >= 11 is 1.44. The molecule has 0 radical (unpaired) electrons. The predicted octanol–water partition coefficient (Wildman–Crippen LogP) is 3.95. The highest BCUT2D eigenvalue weighted by Crippen LogP contribution is 2.39. The Morgan fingerprint density at radius 3 is 3.00 bits per heavy atom. The highest BCUT2D eigenvalue weighted by molar-refractivity contribution is 7.16. The fraction of sp³-hybridized carbons (Fsp3) is 0.318. The molecule has 7 heteroatoms. The number of fused-ring (bicyclic) bond motifs is 1. The van der Waals surface area contributed by atoms with Crippen molar-refractivity contribution in [2.45, 2.75) is 26.2 Å². The molecule has 0 saturated carbocycles. The molecule has 1 atom stereocenters. The van der Waals surface area contributed by atoms with E-state index in [0.717, 1.165) is 35.3 Å². The van der Waals surface area contributed by atoms with Crippen molar-refractivity contribution in [2.75, 3.05) is 19.0 Å². The number of esters is 1. The molecule has 0 aliphatic heterocycles. The molecule has 0 unspecified atom stereocenters. The number of nitriles is 1. The minimum absolute atomic E-state index is 0.412.